The van der Waals surface area contributed by atoms with Gasteiger partial charge in [0.15, 0.2) is 6.61 Å². The number of aryl methyl sites for hydroxylation is 1. The van der Waals surface area contributed by atoms with Gasteiger partial charge >= 0.3 is 5.97 Å². The molecule has 0 amide bonds. The first kappa shape index (κ1) is 21.8. The van der Waals surface area contributed by atoms with Crippen LogP contribution in [-0.4, -0.2) is 19.7 Å². The van der Waals surface area contributed by atoms with Gasteiger partial charge in [0.2, 0.25) is 5.88 Å². The number of nitrogens with two attached hydrogens (primary N) is 1. The lowest BCUT2D eigenvalue weighted by molar-refractivity contribution is -0.136. The molecule has 0 radical (unpaired) electrons. The van der Waals surface area contributed by atoms with Crippen molar-refractivity contribution >= 4 is 5.97 Å². The van der Waals surface area contributed by atoms with E-state index in [-0.39, 0.29) is 24.2 Å². The van der Waals surface area contributed by atoms with Gasteiger partial charge in [-0.25, -0.2) is 4.79 Å². The van der Waals surface area contributed by atoms with Crippen LogP contribution in [-0.2, 0) is 4.79 Å². The zero-order valence-electron chi connectivity index (χ0n) is 18.2. The zero-order chi connectivity index (χ0) is 23.4. The molecule has 1 aliphatic rings. The van der Waals surface area contributed by atoms with Crippen LogP contribution in [0.4, 0.5) is 0 Å². The number of hydrogen-bond donors (Lipinski definition) is 1. The number of benzene rings is 3. The van der Waals surface area contributed by atoms with Gasteiger partial charge in [0, 0.05) is 11.6 Å². The van der Waals surface area contributed by atoms with E-state index in [0.29, 0.717) is 22.8 Å². The van der Waals surface area contributed by atoms with Crippen molar-refractivity contribution in [3.05, 3.63) is 94.9 Å². The molecule has 0 aliphatic carbocycles. The second-order valence-electron chi connectivity index (χ2n) is 7.47. The number of esters is 1. The third-order valence-electron chi connectivity index (χ3n) is 5.25. The Hall–Kier alpha value is -4.44. The molecule has 1 aliphatic heterocycles. The molecule has 3 aromatic carbocycles. The van der Waals surface area contributed by atoms with Crippen LogP contribution in [0.1, 0.15) is 22.6 Å². The Bertz CT molecular complexity index is 1240. The second-order valence-corrected chi connectivity index (χ2v) is 7.47. The lowest BCUT2D eigenvalue weighted by atomic mass is 9.83. The number of allylic oxidation sites excluding steroid dienone is 1. The van der Waals surface area contributed by atoms with Crippen LogP contribution in [0.3, 0.4) is 0 Å². The number of ether oxygens (including phenoxy) is 4. The number of fused-ring (bicyclic) bond motifs is 1. The van der Waals surface area contributed by atoms with E-state index in [0.717, 1.165) is 16.7 Å². The molecule has 4 rings (SSSR count). The maximum Gasteiger partial charge on any atom is 0.349 e. The van der Waals surface area contributed by atoms with E-state index in [2.05, 4.69) is 6.07 Å². The molecule has 0 bridgehead atoms. The average Bonchev–Trinajstić information content (AvgIpc) is 2.82. The molecule has 1 unspecified atom stereocenters. The molecule has 166 valence electrons. The average molecular weight is 442 g/mol. The maximum absolute atomic E-state index is 12.3. The quantitative estimate of drug-likeness (QED) is 0.450. The Morgan fingerprint density at radius 1 is 1.03 bits per heavy atom. The summed E-state index contributed by atoms with van der Waals surface area (Å²) in [5.41, 5.74) is 9.17. The molecule has 2 N–H and O–H groups in total. The number of carbonyl (C=O) groups excluding carboxylic acids is 1. The minimum atomic E-state index is -0.571. The normalized spacial score (nSPS) is 14.5. The molecule has 7 nitrogen and oxygen atoms in total. The van der Waals surface area contributed by atoms with Crippen molar-refractivity contribution in [2.24, 2.45) is 5.73 Å². The van der Waals surface area contributed by atoms with Crippen LogP contribution < -0.4 is 24.7 Å². The van der Waals surface area contributed by atoms with Gasteiger partial charge in [-0.1, -0.05) is 35.9 Å². The Balaban J connectivity index is 1.51. The van der Waals surface area contributed by atoms with E-state index in [4.69, 9.17) is 24.7 Å². The van der Waals surface area contributed by atoms with Crippen molar-refractivity contribution in [1.29, 1.82) is 5.26 Å². The molecule has 3 aromatic rings. The third kappa shape index (κ3) is 4.75. The summed E-state index contributed by atoms with van der Waals surface area (Å²) >= 11 is 0. The van der Waals surface area contributed by atoms with Gasteiger partial charge < -0.3 is 24.7 Å². The smallest absolute Gasteiger partial charge is 0.349 e. The fourth-order valence-corrected chi connectivity index (χ4v) is 3.58. The van der Waals surface area contributed by atoms with Crippen molar-refractivity contribution in [3.63, 3.8) is 0 Å². The van der Waals surface area contributed by atoms with Gasteiger partial charge in [0.05, 0.1) is 13.0 Å². The molecule has 33 heavy (non-hydrogen) atoms. The van der Waals surface area contributed by atoms with Crippen LogP contribution >= 0.6 is 0 Å². The van der Waals surface area contributed by atoms with E-state index in [1.54, 1.807) is 49.6 Å². The summed E-state index contributed by atoms with van der Waals surface area (Å²) < 4.78 is 21.6. The largest absolute Gasteiger partial charge is 0.497 e. The minimum Gasteiger partial charge on any atom is -0.497 e. The highest BCUT2D eigenvalue weighted by Crippen LogP contribution is 2.43. The summed E-state index contributed by atoms with van der Waals surface area (Å²) in [5, 5.41) is 9.67. The predicted octanol–water partition coefficient (Wildman–Crippen LogP) is 4.21. The highest BCUT2D eigenvalue weighted by atomic mass is 16.6. The molecule has 7 heteroatoms. The molecule has 1 atom stereocenters. The van der Waals surface area contributed by atoms with Crippen LogP contribution in [0.25, 0.3) is 0 Å². The van der Waals surface area contributed by atoms with Gasteiger partial charge in [-0.05, 0) is 42.8 Å². The van der Waals surface area contributed by atoms with Crippen molar-refractivity contribution in [1.82, 2.24) is 0 Å². The molecule has 1 heterocycles. The number of rotatable bonds is 6. The summed E-state index contributed by atoms with van der Waals surface area (Å²) in [7, 11) is 1.57. The Morgan fingerprint density at radius 3 is 2.36 bits per heavy atom. The van der Waals surface area contributed by atoms with Crippen molar-refractivity contribution in [2.75, 3.05) is 13.7 Å². The highest BCUT2D eigenvalue weighted by molar-refractivity contribution is 5.74. The van der Waals surface area contributed by atoms with Crippen molar-refractivity contribution < 1.29 is 23.7 Å². The lowest BCUT2D eigenvalue weighted by Gasteiger charge is -2.26. The van der Waals surface area contributed by atoms with E-state index in [1.807, 2.05) is 31.2 Å². The molecule has 0 saturated carbocycles. The molecule has 0 saturated heterocycles. The Morgan fingerprint density at radius 2 is 1.70 bits per heavy atom. The molecular formula is C26H22N2O5. The van der Waals surface area contributed by atoms with Gasteiger partial charge in [-0.2, -0.15) is 5.26 Å². The van der Waals surface area contributed by atoms with E-state index in [1.165, 1.54) is 0 Å². The van der Waals surface area contributed by atoms with Gasteiger partial charge in [-0.3, -0.25) is 0 Å². The summed E-state index contributed by atoms with van der Waals surface area (Å²) in [6.45, 7) is 1.73. The summed E-state index contributed by atoms with van der Waals surface area (Å²) in [4.78, 5) is 12.3. The maximum atomic E-state index is 12.3. The predicted molar refractivity (Wildman–Crippen MR) is 121 cm³/mol. The van der Waals surface area contributed by atoms with Crippen molar-refractivity contribution in [2.45, 2.75) is 12.8 Å². The fourth-order valence-electron chi connectivity index (χ4n) is 3.58. The first-order valence-electron chi connectivity index (χ1n) is 10.2. The van der Waals surface area contributed by atoms with Gasteiger partial charge in [-0.15, -0.1) is 0 Å². The first-order chi connectivity index (χ1) is 16.0. The minimum absolute atomic E-state index is 0.0295. The number of hydrogen-bond acceptors (Lipinski definition) is 7. The number of methoxy groups -OCH3 is 1. The molecule has 0 fully saturated rings. The topological polar surface area (TPSA) is 104 Å². The molecule has 0 spiro atoms. The van der Waals surface area contributed by atoms with Crippen molar-refractivity contribution in [3.8, 4) is 29.1 Å². The lowest BCUT2D eigenvalue weighted by Crippen LogP contribution is -2.21. The van der Waals surface area contributed by atoms with Crippen LogP contribution in [0.2, 0.25) is 0 Å². The number of nitrogens with zero attached hydrogens (tertiary/aromatic N) is 1. The Labute approximate surface area is 191 Å². The van der Waals surface area contributed by atoms with E-state index >= 15 is 0 Å². The monoisotopic (exact) mass is 442 g/mol. The highest BCUT2D eigenvalue weighted by Gasteiger charge is 2.31. The zero-order valence-corrected chi connectivity index (χ0v) is 18.2. The molecule has 0 aromatic heterocycles. The standard InChI is InChI=1S/C26H22N2O5/c1-16-3-5-17(6-4-16)25-21-12-11-20(13-23(21)33-26(28)22(25)14-27)32-24(29)15-31-19-9-7-18(30-2)8-10-19/h3-13,25H,15,28H2,1-2H3. The fraction of sp³-hybridized carbons (Fsp3) is 0.154. The van der Waals surface area contributed by atoms with Crippen LogP contribution in [0.5, 0.6) is 23.0 Å². The summed E-state index contributed by atoms with van der Waals surface area (Å²) in [5.74, 6) is 1.01. The van der Waals surface area contributed by atoms with Gasteiger partial charge in [0.25, 0.3) is 0 Å². The summed E-state index contributed by atoms with van der Waals surface area (Å²) in [6.07, 6.45) is 0. The number of nitriles is 1. The second kappa shape index (κ2) is 9.37. The van der Waals surface area contributed by atoms with Crippen LogP contribution in [0, 0.1) is 18.3 Å². The Kier molecular flexibility index (Phi) is 6.18. The van der Waals surface area contributed by atoms with E-state index in [9.17, 15) is 10.1 Å². The first-order valence-corrected chi connectivity index (χ1v) is 10.2. The van der Waals surface area contributed by atoms with Crippen LogP contribution in [0.15, 0.2) is 78.2 Å². The van der Waals surface area contributed by atoms with E-state index < -0.39 is 5.97 Å². The summed E-state index contributed by atoms with van der Waals surface area (Å²) in [6, 6.07) is 21.9. The van der Waals surface area contributed by atoms with Gasteiger partial charge in [0.1, 0.15) is 34.6 Å². The third-order valence-corrected chi connectivity index (χ3v) is 5.25. The SMILES string of the molecule is COc1ccc(OCC(=O)Oc2ccc3c(c2)OC(N)=C(C#N)C3c2ccc(C)cc2)cc1. The number of carbonyl (C=O) groups is 1. The molecular weight excluding hydrogens is 420 g/mol.